The van der Waals surface area contributed by atoms with Crippen LogP contribution in [0.25, 0.3) is 0 Å². The lowest BCUT2D eigenvalue weighted by Crippen LogP contribution is -2.47. The minimum Gasteiger partial charge on any atom is -0.537 e. The molecule has 0 atom stereocenters. The summed E-state index contributed by atoms with van der Waals surface area (Å²) in [6.45, 7) is 17.2. The molecule has 0 aromatic rings. The lowest BCUT2D eigenvalue weighted by atomic mass is 10.5. The fourth-order valence-corrected chi connectivity index (χ4v) is 7.79. The second kappa shape index (κ2) is 5.41. The van der Waals surface area contributed by atoms with Gasteiger partial charge < -0.3 is 4.43 Å². The van der Waals surface area contributed by atoms with Gasteiger partial charge in [-0.2, -0.15) is 0 Å². The summed E-state index contributed by atoms with van der Waals surface area (Å²) < 4.78 is 6.08. The maximum Gasteiger partial charge on any atom is 0.259 e. The SMILES string of the molecule is C#CC(=C)O[Si](C(C)C)(C(C)C)C(C)C. The third-order valence-electron chi connectivity index (χ3n) is 3.17. The zero-order valence-electron chi connectivity index (χ0n) is 10.9. The molecule has 0 saturated carbocycles. The van der Waals surface area contributed by atoms with Crippen molar-refractivity contribution in [2.45, 2.75) is 58.2 Å². The van der Waals surface area contributed by atoms with Gasteiger partial charge in [-0.15, -0.1) is 6.42 Å². The molecule has 0 N–H and O–H groups in total. The smallest absolute Gasteiger partial charge is 0.259 e. The van der Waals surface area contributed by atoms with Crippen LogP contribution in [0.1, 0.15) is 41.5 Å². The van der Waals surface area contributed by atoms with E-state index in [0.717, 1.165) is 0 Å². The molecule has 86 valence electrons. The van der Waals surface area contributed by atoms with Crippen molar-refractivity contribution in [1.82, 2.24) is 0 Å². The Bertz CT molecular complexity index is 236. The lowest BCUT2D eigenvalue weighted by molar-refractivity contribution is 0.393. The van der Waals surface area contributed by atoms with Crippen LogP contribution in [-0.4, -0.2) is 8.32 Å². The number of rotatable bonds is 5. The van der Waals surface area contributed by atoms with Crippen molar-refractivity contribution in [3.05, 3.63) is 12.3 Å². The van der Waals surface area contributed by atoms with Gasteiger partial charge in [0.15, 0.2) is 0 Å². The maximum atomic E-state index is 6.08. The normalized spacial score (nSPS) is 12.0. The predicted molar refractivity (Wildman–Crippen MR) is 70.1 cm³/mol. The Hall–Kier alpha value is -0.683. The van der Waals surface area contributed by atoms with Gasteiger partial charge in [-0.1, -0.05) is 41.5 Å². The molecule has 15 heavy (non-hydrogen) atoms. The van der Waals surface area contributed by atoms with Gasteiger partial charge >= 0.3 is 0 Å². The molecule has 0 bridgehead atoms. The zero-order valence-corrected chi connectivity index (χ0v) is 11.9. The second-order valence-corrected chi connectivity index (χ2v) is 10.4. The summed E-state index contributed by atoms with van der Waals surface area (Å²) in [4.78, 5) is 0. The molecule has 0 rings (SSSR count). The Kier molecular flexibility index (Phi) is 5.17. The van der Waals surface area contributed by atoms with Crippen LogP contribution in [0.15, 0.2) is 12.3 Å². The maximum absolute atomic E-state index is 6.08. The first-order chi connectivity index (χ1) is 6.78. The van der Waals surface area contributed by atoms with Crippen molar-refractivity contribution in [2.75, 3.05) is 0 Å². The van der Waals surface area contributed by atoms with E-state index in [1.807, 2.05) is 0 Å². The molecule has 0 fully saturated rings. The topological polar surface area (TPSA) is 9.23 Å². The molecule has 2 heteroatoms. The fourth-order valence-electron chi connectivity index (χ4n) is 2.60. The predicted octanol–water partition coefficient (Wildman–Crippen LogP) is 4.33. The van der Waals surface area contributed by atoms with Crippen molar-refractivity contribution < 1.29 is 4.43 Å². The van der Waals surface area contributed by atoms with Crippen LogP contribution in [0.4, 0.5) is 0 Å². The van der Waals surface area contributed by atoms with Crippen LogP contribution in [0.2, 0.25) is 16.6 Å². The summed E-state index contributed by atoms with van der Waals surface area (Å²) >= 11 is 0. The van der Waals surface area contributed by atoms with E-state index in [9.17, 15) is 0 Å². The molecule has 0 aliphatic rings. The molecule has 0 amide bonds. The zero-order chi connectivity index (χ0) is 12.2. The Morgan fingerprint density at radius 2 is 1.40 bits per heavy atom. The molecule has 0 aliphatic carbocycles. The minimum atomic E-state index is -1.85. The summed E-state index contributed by atoms with van der Waals surface area (Å²) in [5.74, 6) is 3.00. The molecule has 0 aliphatic heterocycles. The molecule has 1 nitrogen and oxygen atoms in total. The summed E-state index contributed by atoms with van der Waals surface area (Å²) in [6.07, 6.45) is 5.33. The Balaban J connectivity index is 5.16. The molecule has 0 radical (unpaired) electrons. The minimum absolute atomic E-state index is 0.498. The van der Waals surface area contributed by atoms with Gasteiger partial charge in [-0.25, -0.2) is 0 Å². The first-order valence-corrected chi connectivity index (χ1v) is 7.77. The van der Waals surface area contributed by atoms with Crippen LogP contribution in [0, 0.1) is 12.3 Å². The van der Waals surface area contributed by atoms with Gasteiger partial charge in [-0.3, -0.25) is 0 Å². The van der Waals surface area contributed by atoms with Gasteiger partial charge in [0, 0.05) is 0 Å². The van der Waals surface area contributed by atoms with Crippen molar-refractivity contribution in [1.29, 1.82) is 0 Å². The number of hydrogen-bond donors (Lipinski definition) is 0. The van der Waals surface area contributed by atoms with Crippen molar-refractivity contribution in [2.24, 2.45) is 0 Å². The van der Waals surface area contributed by atoms with Gasteiger partial charge in [0.25, 0.3) is 8.32 Å². The molecular weight excluding hydrogens is 200 g/mol. The Morgan fingerprint density at radius 3 is 1.60 bits per heavy atom. The standard InChI is InChI=1S/C13H24OSi/c1-9-13(8)14-15(10(2)3,11(4)5)12(6)7/h1,10-12H,8H2,2-7H3. The third-order valence-corrected chi connectivity index (χ3v) is 9.18. The quantitative estimate of drug-likeness (QED) is 0.384. The van der Waals surface area contributed by atoms with E-state index >= 15 is 0 Å². The van der Waals surface area contributed by atoms with E-state index in [2.05, 4.69) is 54.0 Å². The number of terminal acetylenes is 1. The first-order valence-electron chi connectivity index (χ1n) is 5.63. The summed E-state index contributed by atoms with van der Waals surface area (Å²) in [5, 5.41) is 0. The van der Waals surface area contributed by atoms with Crippen LogP contribution >= 0.6 is 0 Å². The highest BCUT2D eigenvalue weighted by Crippen LogP contribution is 2.43. The molecule has 0 saturated heterocycles. The van der Waals surface area contributed by atoms with Gasteiger partial charge in [-0.05, 0) is 29.1 Å². The van der Waals surface area contributed by atoms with Gasteiger partial charge in [0.1, 0.15) is 5.76 Å². The molecule has 0 aromatic carbocycles. The van der Waals surface area contributed by atoms with Crippen molar-refractivity contribution in [3.63, 3.8) is 0 Å². The average Bonchev–Trinajstić information content (AvgIpc) is 2.11. The lowest BCUT2D eigenvalue weighted by Gasteiger charge is -2.41. The summed E-state index contributed by atoms with van der Waals surface area (Å²) in [5.41, 5.74) is 1.63. The molecule has 0 unspecified atom stereocenters. The van der Waals surface area contributed by atoms with Crippen LogP contribution in [0.5, 0.6) is 0 Å². The fraction of sp³-hybridized carbons (Fsp3) is 0.692. The Labute approximate surface area is 96.0 Å². The van der Waals surface area contributed by atoms with E-state index < -0.39 is 8.32 Å². The van der Waals surface area contributed by atoms with Crippen molar-refractivity contribution >= 4 is 8.32 Å². The molecule has 0 spiro atoms. The van der Waals surface area contributed by atoms with E-state index in [1.54, 1.807) is 0 Å². The third kappa shape index (κ3) is 2.88. The highest BCUT2D eigenvalue weighted by atomic mass is 28.4. The van der Waals surface area contributed by atoms with Crippen LogP contribution in [0.3, 0.4) is 0 Å². The molecule has 0 heterocycles. The summed E-state index contributed by atoms with van der Waals surface area (Å²) in [7, 11) is -1.85. The Morgan fingerprint density at radius 1 is 1.07 bits per heavy atom. The summed E-state index contributed by atoms with van der Waals surface area (Å²) in [6, 6.07) is 0. The van der Waals surface area contributed by atoms with Crippen molar-refractivity contribution in [3.8, 4) is 12.3 Å². The second-order valence-electron chi connectivity index (χ2n) is 4.99. The van der Waals surface area contributed by atoms with Crippen LogP contribution < -0.4 is 0 Å². The highest BCUT2D eigenvalue weighted by molar-refractivity contribution is 6.77. The van der Waals surface area contributed by atoms with Gasteiger partial charge in [0.2, 0.25) is 0 Å². The van der Waals surface area contributed by atoms with E-state index in [-0.39, 0.29) is 0 Å². The largest absolute Gasteiger partial charge is 0.537 e. The average molecular weight is 224 g/mol. The van der Waals surface area contributed by atoms with Gasteiger partial charge in [0.05, 0.1) is 0 Å². The number of allylic oxidation sites excluding steroid dienone is 1. The molecule has 0 aromatic heterocycles. The monoisotopic (exact) mass is 224 g/mol. The van der Waals surface area contributed by atoms with E-state index in [4.69, 9.17) is 10.8 Å². The number of hydrogen-bond acceptors (Lipinski definition) is 1. The van der Waals surface area contributed by atoms with Crippen LogP contribution in [-0.2, 0) is 4.43 Å². The first kappa shape index (κ1) is 14.3. The van der Waals surface area contributed by atoms with E-state index in [1.165, 1.54) is 0 Å². The van der Waals surface area contributed by atoms with E-state index in [0.29, 0.717) is 22.4 Å². The highest BCUT2D eigenvalue weighted by Gasteiger charge is 2.47. The molecular formula is C13H24OSi.